The number of para-hydroxylation sites is 1. The van der Waals surface area contributed by atoms with E-state index in [2.05, 4.69) is 15.4 Å². The minimum atomic E-state index is -0.451. The number of benzene rings is 3. The number of fused-ring (bicyclic) bond motifs is 3. The van der Waals surface area contributed by atoms with E-state index in [0.29, 0.717) is 28.9 Å². The molecular weight excluding hydrogens is 472 g/mol. The van der Waals surface area contributed by atoms with Crippen molar-refractivity contribution in [3.63, 3.8) is 0 Å². The van der Waals surface area contributed by atoms with E-state index in [1.807, 2.05) is 65.3 Å². The predicted octanol–water partition coefficient (Wildman–Crippen LogP) is 4.87. The summed E-state index contributed by atoms with van der Waals surface area (Å²) in [6, 6.07) is 19.4. The zero-order valence-electron chi connectivity index (χ0n) is 20.9. The molecule has 9 nitrogen and oxygen atoms in total. The number of anilines is 1. The van der Waals surface area contributed by atoms with Crippen LogP contribution >= 0.6 is 0 Å². The van der Waals surface area contributed by atoms with E-state index in [0.717, 1.165) is 33.7 Å². The molecule has 3 aromatic carbocycles. The van der Waals surface area contributed by atoms with Crippen LogP contribution in [0.3, 0.4) is 0 Å². The van der Waals surface area contributed by atoms with Crippen molar-refractivity contribution in [3.05, 3.63) is 89.3 Å². The van der Waals surface area contributed by atoms with Crippen molar-refractivity contribution in [2.45, 2.75) is 12.1 Å². The van der Waals surface area contributed by atoms with Gasteiger partial charge in [0.1, 0.15) is 24.2 Å². The Balaban J connectivity index is 1.60. The van der Waals surface area contributed by atoms with Gasteiger partial charge in [0.15, 0.2) is 23.0 Å². The van der Waals surface area contributed by atoms with Gasteiger partial charge >= 0.3 is 0 Å². The molecule has 9 heteroatoms. The first kappa shape index (κ1) is 22.8. The Labute approximate surface area is 214 Å². The van der Waals surface area contributed by atoms with Crippen LogP contribution in [0.1, 0.15) is 28.8 Å². The van der Waals surface area contributed by atoms with Crippen LogP contribution in [0.15, 0.2) is 72.6 Å². The molecule has 0 fully saturated rings. The number of methoxy groups -OCH3 is 4. The first-order valence-electron chi connectivity index (χ1n) is 11.8. The van der Waals surface area contributed by atoms with Crippen molar-refractivity contribution in [2.24, 2.45) is 0 Å². The molecule has 0 saturated heterocycles. The third-order valence-electron chi connectivity index (χ3n) is 6.76. The summed E-state index contributed by atoms with van der Waals surface area (Å²) >= 11 is 0. The largest absolute Gasteiger partial charge is 0.493 e. The third-order valence-corrected chi connectivity index (χ3v) is 6.76. The van der Waals surface area contributed by atoms with Crippen LogP contribution in [0.25, 0.3) is 5.70 Å². The first-order valence-corrected chi connectivity index (χ1v) is 11.8. The lowest BCUT2D eigenvalue weighted by atomic mass is 9.84. The molecule has 0 unspecified atom stereocenters. The van der Waals surface area contributed by atoms with E-state index in [-0.39, 0.29) is 6.04 Å². The van der Waals surface area contributed by atoms with Gasteiger partial charge in [0.05, 0.1) is 34.1 Å². The minimum absolute atomic E-state index is 0.333. The van der Waals surface area contributed by atoms with Gasteiger partial charge in [0.25, 0.3) is 0 Å². The van der Waals surface area contributed by atoms with Crippen LogP contribution in [0.4, 0.5) is 5.95 Å². The second-order valence-electron chi connectivity index (χ2n) is 8.61. The molecule has 2 aliphatic rings. The molecule has 188 valence electrons. The number of ether oxygens (including phenoxy) is 5. The van der Waals surface area contributed by atoms with E-state index < -0.39 is 6.10 Å². The minimum Gasteiger partial charge on any atom is -0.493 e. The second-order valence-corrected chi connectivity index (χ2v) is 8.61. The fourth-order valence-corrected chi connectivity index (χ4v) is 5.05. The molecule has 3 heterocycles. The lowest BCUT2D eigenvalue weighted by Gasteiger charge is -2.39. The van der Waals surface area contributed by atoms with E-state index in [9.17, 15) is 0 Å². The van der Waals surface area contributed by atoms with E-state index in [1.54, 1.807) is 34.8 Å². The smallest absolute Gasteiger partial charge is 0.226 e. The van der Waals surface area contributed by atoms with Gasteiger partial charge in [0, 0.05) is 16.7 Å². The molecule has 1 N–H and O–H groups in total. The van der Waals surface area contributed by atoms with E-state index >= 15 is 0 Å². The average molecular weight is 499 g/mol. The molecule has 0 bridgehead atoms. The van der Waals surface area contributed by atoms with Crippen molar-refractivity contribution in [2.75, 3.05) is 33.8 Å². The molecule has 0 radical (unpaired) electrons. The summed E-state index contributed by atoms with van der Waals surface area (Å²) in [7, 11) is 6.49. The Kier molecular flexibility index (Phi) is 5.60. The van der Waals surface area contributed by atoms with Crippen molar-refractivity contribution in [3.8, 4) is 28.7 Å². The highest BCUT2D eigenvalue weighted by atomic mass is 16.5. The number of rotatable bonds is 6. The van der Waals surface area contributed by atoms with Gasteiger partial charge in [-0.25, -0.2) is 4.68 Å². The fourth-order valence-electron chi connectivity index (χ4n) is 5.05. The number of nitrogens with zero attached hydrogens (tertiary/aromatic N) is 3. The Morgan fingerprint density at radius 1 is 0.784 bits per heavy atom. The van der Waals surface area contributed by atoms with Gasteiger partial charge in [-0.3, -0.25) is 0 Å². The molecule has 6 rings (SSSR count). The quantitative estimate of drug-likeness (QED) is 0.403. The van der Waals surface area contributed by atoms with Crippen molar-refractivity contribution in [1.82, 2.24) is 14.8 Å². The lowest BCUT2D eigenvalue weighted by molar-refractivity contribution is 0.222. The molecule has 1 aromatic heterocycles. The third kappa shape index (κ3) is 3.62. The van der Waals surface area contributed by atoms with Crippen LogP contribution in [-0.4, -0.2) is 43.2 Å². The maximum atomic E-state index is 6.69. The highest BCUT2D eigenvalue weighted by Gasteiger charge is 2.41. The van der Waals surface area contributed by atoms with Crippen LogP contribution in [0.5, 0.6) is 28.7 Å². The zero-order chi connectivity index (χ0) is 25.5. The van der Waals surface area contributed by atoms with Crippen LogP contribution in [-0.2, 0) is 0 Å². The summed E-state index contributed by atoms with van der Waals surface area (Å²) in [5.74, 6) is 3.96. The maximum absolute atomic E-state index is 6.69. The van der Waals surface area contributed by atoms with E-state index in [4.69, 9.17) is 23.7 Å². The normalized spacial score (nSPS) is 17.5. The summed E-state index contributed by atoms with van der Waals surface area (Å²) < 4.78 is 30.8. The van der Waals surface area contributed by atoms with Gasteiger partial charge in [-0.15, -0.1) is 0 Å². The molecule has 0 spiro atoms. The number of hydrogen-bond donors (Lipinski definition) is 1. The van der Waals surface area contributed by atoms with Crippen molar-refractivity contribution < 1.29 is 23.7 Å². The Bertz CT molecular complexity index is 1510. The summed E-state index contributed by atoms with van der Waals surface area (Å²) in [4.78, 5) is 4.49. The highest BCUT2D eigenvalue weighted by molar-refractivity contribution is 5.85. The summed E-state index contributed by atoms with van der Waals surface area (Å²) in [5.41, 5.74) is 4.73. The molecule has 4 aromatic rings. The fraction of sp³-hybridized carbons (Fsp3) is 0.214. The number of hydrogen-bond acceptors (Lipinski definition) is 8. The molecule has 0 aliphatic carbocycles. The zero-order valence-corrected chi connectivity index (χ0v) is 20.9. The average Bonchev–Trinajstić information content (AvgIpc) is 3.43. The van der Waals surface area contributed by atoms with E-state index in [1.165, 1.54) is 0 Å². The molecular formula is C28H26N4O5. The molecule has 2 atom stereocenters. The van der Waals surface area contributed by atoms with Crippen molar-refractivity contribution in [1.29, 1.82) is 0 Å². The highest BCUT2D eigenvalue weighted by Crippen LogP contribution is 2.51. The van der Waals surface area contributed by atoms with Gasteiger partial charge in [-0.2, -0.15) is 10.1 Å². The first-order chi connectivity index (χ1) is 18.2. The van der Waals surface area contributed by atoms with Gasteiger partial charge in [-0.1, -0.05) is 24.3 Å². The van der Waals surface area contributed by atoms with Crippen LogP contribution < -0.4 is 29.0 Å². The standard InChI is InChI=1S/C28H26N4O5/c1-33-20-11-9-16(13-22(20)35-3)26-24-25(31-28-29-15-30-32(26)28)18-7-5-6-8-19(18)37-27(24)17-10-12-21(34-2)23(14-17)36-4/h5-15,26-27H,1-4H3,(H,29,30,31)/t26-,27-/m1/s1. The number of nitrogens with one attached hydrogen (secondary N) is 1. The SMILES string of the molecule is COc1ccc([C@H]2Oc3ccccc3C3=C2[C@@H](c2ccc(OC)c(OC)c2)n2ncnc2N3)cc1OC. The van der Waals surface area contributed by atoms with Gasteiger partial charge in [0.2, 0.25) is 5.95 Å². The summed E-state index contributed by atoms with van der Waals surface area (Å²) in [6.45, 7) is 0. The van der Waals surface area contributed by atoms with Gasteiger partial charge < -0.3 is 29.0 Å². The Morgan fingerprint density at radius 2 is 1.43 bits per heavy atom. The molecule has 0 amide bonds. The Morgan fingerprint density at radius 3 is 2.14 bits per heavy atom. The topological polar surface area (TPSA) is 88.9 Å². The predicted molar refractivity (Wildman–Crippen MR) is 138 cm³/mol. The Hall–Kier alpha value is -4.66. The summed E-state index contributed by atoms with van der Waals surface area (Å²) in [6.07, 6.45) is 1.10. The lowest BCUT2D eigenvalue weighted by Crippen LogP contribution is -2.32. The van der Waals surface area contributed by atoms with Crippen molar-refractivity contribution >= 4 is 11.6 Å². The molecule has 0 saturated carbocycles. The van der Waals surface area contributed by atoms with Crippen LogP contribution in [0.2, 0.25) is 0 Å². The summed E-state index contributed by atoms with van der Waals surface area (Å²) in [5, 5.41) is 8.10. The van der Waals surface area contributed by atoms with Crippen LogP contribution in [0, 0.1) is 0 Å². The second kappa shape index (κ2) is 9.09. The molecule has 37 heavy (non-hydrogen) atoms. The number of aromatic nitrogens is 3. The van der Waals surface area contributed by atoms with Gasteiger partial charge in [-0.05, 0) is 42.0 Å². The molecule has 2 aliphatic heterocycles. The monoisotopic (exact) mass is 498 g/mol. The maximum Gasteiger partial charge on any atom is 0.226 e.